The SMILES string of the molecule is Cc1cccc(C)c1NC(=O)c1ccnc(C(=O)Nc2ccc(C#N)cc2)c1. The van der Waals surface area contributed by atoms with Crippen molar-refractivity contribution in [3.8, 4) is 6.07 Å². The zero-order chi connectivity index (χ0) is 20.1. The average Bonchev–Trinajstić information content (AvgIpc) is 2.71. The summed E-state index contributed by atoms with van der Waals surface area (Å²) in [6.45, 7) is 3.84. The topological polar surface area (TPSA) is 94.9 Å². The fraction of sp³-hybridized carbons (Fsp3) is 0.0909. The molecule has 0 saturated heterocycles. The number of nitrogens with one attached hydrogen (secondary N) is 2. The van der Waals surface area contributed by atoms with E-state index in [4.69, 9.17) is 5.26 Å². The van der Waals surface area contributed by atoms with Gasteiger partial charge in [-0.1, -0.05) is 18.2 Å². The van der Waals surface area contributed by atoms with Crippen LogP contribution < -0.4 is 10.6 Å². The van der Waals surface area contributed by atoms with E-state index in [9.17, 15) is 9.59 Å². The van der Waals surface area contributed by atoms with Crippen molar-refractivity contribution in [2.75, 3.05) is 10.6 Å². The van der Waals surface area contributed by atoms with Crippen LogP contribution in [0.15, 0.2) is 60.8 Å². The third-order valence-electron chi connectivity index (χ3n) is 4.25. The monoisotopic (exact) mass is 370 g/mol. The number of benzene rings is 2. The van der Waals surface area contributed by atoms with Crippen molar-refractivity contribution >= 4 is 23.2 Å². The minimum Gasteiger partial charge on any atom is -0.322 e. The van der Waals surface area contributed by atoms with E-state index in [-0.39, 0.29) is 11.6 Å². The summed E-state index contributed by atoms with van der Waals surface area (Å²) in [4.78, 5) is 29.1. The van der Waals surface area contributed by atoms with Crippen LogP contribution in [-0.4, -0.2) is 16.8 Å². The van der Waals surface area contributed by atoms with E-state index >= 15 is 0 Å². The molecule has 6 heteroatoms. The minimum atomic E-state index is -0.438. The second-order valence-electron chi connectivity index (χ2n) is 6.29. The van der Waals surface area contributed by atoms with Crippen LogP contribution in [0.4, 0.5) is 11.4 Å². The lowest BCUT2D eigenvalue weighted by Gasteiger charge is -2.12. The van der Waals surface area contributed by atoms with Crippen molar-refractivity contribution in [3.63, 3.8) is 0 Å². The van der Waals surface area contributed by atoms with E-state index in [1.165, 1.54) is 12.3 Å². The Bertz CT molecular complexity index is 1060. The highest BCUT2D eigenvalue weighted by atomic mass is 16.2. The normalized spacial score (nSPS) is 10.0. The number of amides is 2. The Kier molecular flexibility index (Phi) is 5.47. The Balaban J connectivity index is 1.76. The summed E-state index contributed by atoms with van der Waals surface area (Å²) >= 11 is 0. The first-order valence-electron chi connectivity index (χ1n) is 8.63. The molecule has 0 atom stereocenters. The van der Waals surface area contributed by atoms with Crippen molar-refractivity contribution in [3.05, 3.63) is 88.7 Å². The van der Waals surface area contributed by atoms with Gasteiger partial charge in [0.15, 0.2) is 0 Å². The van der Waals surface area contributed by atoms with E-state index in [1.54, 1.807) is 30.3 Å². The molecule has 0 spiro atoms. The van der Waals surface area contributed by atoms with Crippen LogP contribution in [0.25, 0.3) is 0 Å². The van der Waals surface area contributed by atoms with Crippen molar-refractivity contribution in [1.29, 1.82) is 5.26 Å². The smallest absolute Gasteiger partial charge is 0.274 e. The standard InChI is InChI=1S/C22H18N4O2/c1-14-4-3-5-15(2)20(14)26-21(27)17-10-11-24-19(12-17)22(28)25-18-8-6-16(13-23)7-9-18/h3-12H,1-2H3,(H,25,28)(H,26,27). The van der Waals surface area contributed by atoms with Crippen molar-refractivity contribution in [2.24, 2.45) is 0 Å². The molecule has 0 aliphatic heterocycles. The molecule has 3 rings (SSSR count). The van der Waals surface area contributed by atoms with Crippen LogP contribution in [0, 0.1) is 25.2 Å². The second-order valence-corrected chi connectivity index (χ2v) is 6.29. The fourth-order valence-corrected chi connectivity index (χ4v) is 2.72. The number of rotatable bonds is 4. The molecule has 28 heavy (non-hydrogen) atoms. The number of nitrogens with zero attached hydrogens (tertiary/aromatic N) is 2. The lowest BCUT2D eigenvalue weighted by Crippen LogP contribution is -2.17. The first-order chi connectivity index (χ1) is 13.5. The Morgan fingerprint density at radius 3 is 2.25 bits per heavy atom. The van der Waals surface area contributed by atoms with Gasteiger partial charge in [-0.3, -0.25) is 14.6 Å². The molecular formula is C22H18N4O2. The maximum Gasteiger partial charge on any atom is 0.274 e. The number of nitriles is 1. The summed E-state index contributed by atoms with van der Waals surface area (Å²) in [6.07, 6.45) is 1.42. The number of carbonyl (C=O) groups excluding carboxylic acids is 2. The van der Waals surface area contributed by atoms with Crippen LogP contribution in [0.1, 0.15) is 37.5 Å². The van der Waals surface area contributed by atoms with Gasteiger partial charge in [0.05, 0.1) is 11.6 Å². The molecule has 2 N–H and O–H groups in total. The molecule has 138 valence electrons. The molecule has 1 heterocycles. The predicted octanol–water partition coefficient (Wildman–Crippen LogP) is 4.07. The van der Waals surface area contributed by atoms with Gasteiger partial charge in [0.2, 0.25) is 0 Å². The molecule has 6 nitrogen and oxygen atoms in total. The summed E-state index contributed by atoms with van der Waals surface area (Å²) in [7, 11) is 0. The number of pyridine rings is 1. The van der Waals surface area contributed by atoms with E-state index in [0.717, 1.165) is 16.8 Å². The molecule has 0 aliphatic carbocycles. The van der Waals surface area contributed by atoms with Crippen LogP contribution >= 0.6 is 0 Å². The van der Waals surface area contributed by atoms with Crippen LogP contribution in [0.2, 0.25) is 0 Å². The molecular weight excluding hydrogens is 352 g/mol. The fourth-order valence-electron chi connectivity index (χ4n) is 2.72. The Morgan fingerprint density at radius 1 is 0.929 bits per heavy atom. The molecule has 2 amide bonds. The number of para-hydroxylation sites is 1. The summed E-state index contributed by atoms with van der Waals surface area (Å²) in [5.74, 6) is -0.751. The number of anilines is 2. The van der Waals surface area contributed by atoms with Gasteiger partial charge in [0, 0.05) is 23.1 Å². The molecule has 0 aliphatic rings. The van der Waals surface area contributed by atoms with Crippen LogP contribution in [0.5, 0.6) is 0 Å². The molecule has 3 aromatic rings. The number of aromatic nitrogens is 1. The largest absolute Gasteiger partial charge is 0.322 e. The molecule has 2 aromatic carbocycles. The third kappa shape index (κ3) is 4.22. The van der Waals surface area contributed by atoms with Crippen molar-refractivity contribution in [1.82, 2.24) is 4.98 Å². The van der Waals surface area contributed by atoms with Crippen molar-refractivity contribution < 1.29 is 9.59 Å². The summed E-state index contributed by atoms with van der Waals surface area (Å²) in [5.41, 5.74) is 4.17. The summed E-state index contributed by atoms with van der Waals surface area (Å²) in [6, 6.07) is 17.3. The highest BCUT2D eigenvalue weighted by Gasteiger charge is 2.14. The van der Waals surface area contributed by atoms with E-state index in [2.05, 4.69) is 15.6 Å². The predicted molar refractivity (Wildman–Crippen MR) is 107 cm³/mol. The number of hydrogen-bond donors (Lipinski definition) is 2. The lowest BCUT2D eigenvalue weighted by atomic mass is 10.1. The maximum atomic E-state index is 12.6. The highest BCUT2D eigenvalue weighted by molar-refractivity contribution is 6.08. The molecule has 0 bridgehead atoms. The molecule has 0 radical (unpaired) electrons. The number of carbonyl (C=O) groups is 2. The molecule has 0 unspecified atom stereocenters. The maximum absolute atomic E-state index is 12.6. The van der Waals surface area contributed by atoms with Gasteiger partial charge in [0.1, 0.15) is 5.69 Å². The van der Waals surface area contributed by atoms with E-state index < -0.39 is 5.91 Å². The van der Waals surface area contributed by atoms with Gasteiger partial charge in [-0.15, -0.1) is 0 Å². The highest BCUT2D eigenvalue weighted by Crippen LogP contribution is 2.20. The first-order valence-corrected chi connectivity index (χ1v) is 8.63. The zero-order valence-corrected chi connectivity index (χ0v) is 15.5. The Hall–Kier alpha value is -3.98. The Labute approximate surface area is 162 Å². The molecule has 1 aromatic heterocycles. The Morgan fingerprint density at radius 2 is 1.61 bits per heavy atom. The van der Waals surface area contributed by atoms with Gasteiger partial charge in [0.25, 0.3) is 11.8 Å². The zero-order valence-electron chi connectivity index (χ0n) is 15.5. The van der Waals surface area contributed by atoms with Gasteiger partial charge in [-0.25, -0.2) is 0 Å². The average molecular weight is 370 g/mol. The quantitative estimate of drug-likeness (QED) is 0.723. The van der Waals surface area contributed by atoms with E-state index in [1.807, 2.05) is 38.1 Å². The lowest BCUT2D eigenvalue weighted by molar-refractivity contribution is 0.102. The second kappa shape index (κ2) is 8.14. The number of aryl methyl sites for hydroxylation is 2. The van der Waals surface area contributed by atoms with Crippen LogP contribution in [0.3, 0.4) is 0 Å². The van der Waals surface area contributed by atoms with Gasteiger partial charge in [-0.2, -0.15) is 5.26 Å². The van der Waals surface area contributed by atoms with Crippen LogP contribution in [-0.2, 0) is 0 Å². The summed E-state index contributed by atoms with van der Waals surface area (Å²) in [5, 5.41) is 14.4. The molecule has 0 fully saturated rings. The minimum absolute atomic E-state index is 0.124. The van der Waals surface area contributed by atoms with Gasteiger partial charge >= 0.3 is 0 Å². The molecule has 0 saturated carbocycles. The number of hydrogen-bond acceptors (Lipinski definition) is 4. The summed E-state index contributed by atoms with van der Waals surface area (Å²) < 4.78 is 0. The third-order valence-corrected chi connectivity index (χ3v) is 4.25. The first kappa shape index (κ1) is 18.8. The van der Waals surface area contributed by atoms with E-state index in [0.29, 0.717) is 16.8 Å². The van der Waals surface area contributed by atoms with Gasteiger partial charge in [-0.05, 0) is 61.4 Å². The van der Waals surface area contributed by atoms with Gasteiger partial charge < -0.3 is 10.6 Å². The van der Waals surface area contributed by atoms with Crippen molar-refractivity contribution in [2.45, 2.75) is 13.8 Å².